The van der Waals surface area contributed by atoms with Gasteiger partial charge in [-0.05, 0) is 65.0 Å². The molecule has 20 heavy (non-hydrogen) atoms. The quantitative estimate of drug-likeness (QED) is 0.861. The zero-order valence-corrected chi connectivity index (χ0v) is 13.6. The number of nitrogens with zero attached hydrogens (tertiary/aromatic N) is 2. The smallest absolute Gasteiger partial charge is 0.0378 e. The minimum absolute atomic E-state index is 0.381. The lowest BCUT2D eigenvalue weighted by atomic mass is 9.75. The van der Waals surface area contributed by atoms with Crippen molar-refractivity contribution >= 4 is 5.69 Å². The van der Waals surface area contributed by atoms with E-state index in [-0.39, 0.29) is 0 Å². The second kappa shape index (κ2) is 6.15. The summed E-state index contributed by atoms with van der Waals surface area (Å²) in [6.07, 6.45) is 4.00. The summed E-state index contributed by atoms with van der Waals surface area (Å²) in [5, 5.41) is 3.28. The first-order valence-electron chi connectivity index (χ1n) is 7.64. The predicted molar refractivity (Wildman–Crippen MR) is 87.5 cm³/mol. The molecule has 0 aromatic heterocycles. The minimum Gasteiger partial charge on any atom is -0.373 e. The van der Waals surface area contributed by atoms with Crippen molar-refractivity contribution in [2.24, 2.45) is 0 Å². The molecule has 0 saturated heterocycles. The fourth-order valence-corrected chi connectivity index (χ4v) is 3.05. The Morgan fingerprint density at radius 3 is 2.15 bits per heavy atom. The van der Waals surface area contributed by atoms with Gasteiger partial charge < -0.3 is 15.1 Å². The van der Waals surface area contributed by atoms with E-state index in [9.17, 15) is 0 Å². The highest BCUT2D eigenvalue weighted by Crippen LogP contribution is 2.37. The first kappa shape index (κ1) is 15.3. The van der Waals surface area contributed by atoms with Crippen molar-refractivity contribution in [1.29, 1.82) is 0 Å². The van der Waals surface area contributed by atoms with E-state index in [1.165, 1.54) is 30.5 Å². The lowest BCUT2D eigenvalue weighted by Crippen LogP contribution is -2.56. The number of nitrogens with one attached hydrogen (secondary N) is 1. The fraction of sp³-hybridized carbons (Fsp3) is 0.647. The molecule has 1 saturated carbocycles. The number of hydrogen-bond donors (Lipinski definition) is 1. The molecular weight excluding hydrogens is 246 g/mol. The first-order chi connectivity index (χ1) is 9.48. The summed E-state index contributed by atoms with van der Waals surface area (Å²) >= 11 is 0. The van der Waals surface area contributed by atoms with Gasteiger partial charge in [-0.2, -0.15) is 0 Å². The van der Waals surface area contributed by atoms with Crippen LogP contribution in [-0.4, -0.2) is 45.2 Å². The highest BCUT2D eigenvalue weighted by Gasteiger charge is 2.39. The van der Waals surface area contributed by atoms with Gasteiger partial charge in [0.15, 0.2) is 0 Å². The van der Waals surface area contributed by atoms with Gasteiger partial charge in [-0.3, -0.25) is 0 Å². The number of hydrogen-bond acceptors (Lipinski definition) is 3. The molecule has 1 fully saturated rings. The largest absolute Gasteiger partial charge is 0.373 e. The molecule has 0 aliphatic heterocycles. The molecule has 0 bridgehead atoms. The zero-order valence-electron chi connectivity index (χ0n) is 13.6. The van der Waals surface area contributed by atoms with Gasteiger partial charge >= 0.3 is 0 Å². The Kier molecular flexibility index (Phi) is 4.71. The van der Waals surface area contributed by atoms with E-state index in [1.807, 2.05) is 7.05 Å². The molecular formula is C17H29N3. The summed E-state index contributed by atoms with van der Waals surface area (Å²) < 4.78 is 0. The van der Waals surface area contributed by atoms with Gasteiger partial charge in [0.05, 0.1) is 0 Å². The molecule has 2 rings (SSSR count). The van der Waals surface area contributed by atoms with Crippen LogP contribution in [0.5, 0.6) is 0 Å². The highest BCUT2D eigenvalue weighted by molar-refractivity contribution is 5.48. The second-order valence-corrected chi connectivity index (χ2v) is 6.43. The van der Waals surface area contributed by atoms with Crippen molar-refractivity contribution < 1.29 is 0 Å². The molecule has 1 aliphatic carbocycles. The van der Waals surface area contributed by atoms with Crippen molar-refractivity contribution in [2.45, 2.75) is 37.8 Å². The fourth-order valence-electron chi connectivity index (χ4n) is 3.05. The van der Waals surface area contributed by atoms with E-state index >= 15 is 0 Å². The van der Waals surface area contributed by atoms with Gasteiger partial charge in [-0.1, -0.05) is 12.1 Å². The van der Waals surface area contributed by atoms with Gasteiger partial charge in [0.1, 0.15) is 0 Å². The van der Waals surface area contributed by atoms with Crippen molar-refractivity contribution in [1.82, 2.24) is 10.2 Å². The van der Waals surface area contributed by atoms with E-state index in [0.717, 1.165) is 6.54 Å². The molecule has 1 atom stereocenters. The Labute approximate surface area is 124 Å². The maximum Gasteiger partial charge on any atom is 0.0378 e. The van der Waals surface area contributed by atoms with Crippen LogP contribution in [0.15, 0.2) is 24.3 Å². The molecule has 1 aromatic carbocycles. The summed E-state index contributed by atoms with van der Waals surface area (Å²) in [6, 6.07) is 9.36. The van der Waals surface area contributed by atoms with Gasteiger partial charge in [0.25, 0.3) is 0 Å². The Bertz CT molecular complexity index is 420. The van der Waals surface area contributed by atoms with Gasteiger partial charge in [0, 0.05) is 30.9 Å². The standard InChI is InChI=1S/C17H29N3/c1-14(18-2)15-7-9-16(10-8-15)20(5)13-17(19(3)4)11-6-12-17/h7-10,14,18H,6,11-13H2,1-5H3. The van der Waals surface area contributed by atoms with Crippen LogP contribution < -0.4 is 10.2 Å². The van der Waals surface area contributed by atoms with Crippen LogP contribution >= 0.6 is 0 Å². The molecule has 3 nitrogen and oxygen atoms in total. The Morgan fingerprint density at radius 1 is 1.15 bits per heavy atom. The Hall–Kier alpha value is -1.06. The van der Waals surface area contributed by atoms with E-state index in [4.69, 9.17) is 0 Å². The number of benzene rings is 1. The third kappa shape index (κ3) is 2.99. The molecule has 0 spiro atoms. The number of rotatable bonds is 6. The molecule has 1 N–H and O–H groups in total. The van der Waals surface area contributed by atoms with Gasteiger partial charge in [-0.25, -0.2) is 0 Å². The second-order valence-electron chi connectivity index (χ2n) is 6.43. The third-order valence-electron chi connectivity index (χ3n) is 5.03. The van der Waals surface area contributed by atoms with Crippen LogP contribution in [-0.2, 0) is 0 Å². The average Bonchev–Trinajstić information content (AvgIpc) is 2.41. The average molecular weight is 275 g/mol. The summed E-state index contributed by atoms with van der Waals surface area (Å²) in [5.74, 6) is 0. The molecule has 1 unspecified atom stereocenters. The normalized spacial score (nSPS) is 18.7. The lowest BCUT2D eigenvalue weighted by molar-refractivity contribution is 0.0683. The van der Waals surface area contributed by atoms with Gasteiger partial charge in [-0.15, -0.1) is 0 Å². The molecule has 0 radical (unpaired) electrons. The minimum atomic E-state index is 0.381. The van der Waals surface area contributed by atoms with E-state index < -0.39 is 0 Å². The summed E-state index contributed by atoms with van der Waals surface area (Å²) in [6.45, 7) is 3.30. The van der Waals surface area contributed by atoms with Crippen LogP contribution in [0.4, 0.5) is 5.69 Å². The number of anilines is 1. The maximum atomic E-state index is 3.28. The summed E-state index contributed by atoms with van der Waals surface area (Å²) in [7, 11) is 8.64. The lowest BCUT2D eigenvalue weighted by Gasteiger charge is -2.49. The van der Waals surface area contributed by atoms with Crippen molar-refractivity contribution in [3.63, 3.8) is 0 Å². The zero-order chi connectivity index (χ0) is 14.8. The molecule has 0 heterocycles. The first-order valence-corrected chi connectivity index (χ1v) is 7.64. The van der Waals surface area contributed by atoms with Gasteiger partial charge in [0.2, 0.25) is 0 Å². The molecule has 1 aliphatic rings. The summed E-state index contributed by atoms with van der Waals surface area (Å²) in [5.41, 5.74) is 3.03. The summed E-state index contributed by atoms with van der Waals surface area (Å²) in [4.78, 5) is 4.80. The maximum absolute atomic E-state index is 3.28. The monoisotopic (exact) mass is 275 g/mol. The Balaban J connectivity index is 2.04. The third-order valence-corrected chi connectivity index (χ3v) is 5.03. The highest BCUT2D eigenvalue weighted by atomic mass is 15.2. The molecule has 3 heteroatoms. The van der Waals surface area contributed by atoms with E-state index in [2.05, 4.69) is 67.4 Å². The van der Waals surface area contributed by atoms with Crippen LogP contribution in [0.2, 0.25) is 0 Å². The van der Waals surface area contributed by atoms with Crippen LogP contribution in [0, 0.1) is 0 Å². The SMILES string of the molecule is CNC(C)c1ccc(N(C)CC2(N(C)C)CCC2)cc1. The van der Waals surface area contributed by atoms with Crippen molar-refractivity contribution in [3.05, 3.63) is 29.8 Å². The van der Waals surface area contributed by atoms with Crippen molar-refractivity contribution in [3.8, 4) is 0 Å². The Morgan fingerprint density at radius 2 is 1.75 bits per heavy atom. The molecule has 1 aromatic rings. The van der Waals surface area contributed by atoms with Crippen LogP contribution in [0.3, 0.4) is 0 Å². The van der Waals surface area contributed by atoms with Crippen molar-refractivity contribution in [2.75, 3.05) is 39.6 Å². The topological polar surface area (TPSA) is 18.5 Å². The van der Waals surface area contributed by atoms with E-state index in [0.29, 0.717) is 11.6 Å². The molecule has 112 valence electrons. The molecule has 0 amide bonds. The predicted octanol–water partition coefficient (Wildman–Crippen LogP) is 2.89. The van der Waals surface area contributed by atoms with Crippen LogP contribution in [0.1, 0.15) is 37.8 Å². The number of likely N-dealkylation sites (N-methyl/N-ethyl adjacent to an activating group) is 2. The van der Waals surface area contributed by atoms with E-state index in [1.54, 1.807) is 0 Å². The van der Waals surface area contributed by atoms with Crippen LogP contribution in [0.25, 0.3) is 0 Å².